The van der Waals surface area contributed by atoms with E-state index < -0.39 is 71.3 Å². The number of nitrogens with zero attached hydrogens (tertiary/aromatic N) is 6. The van der Waals surface area contributed by atoms with Crippen LogP contribution in [0.25, 0.3) is 32.7 Å². The van der Waals surface area contributed by atoms with Crippen LogP contribution in [0, 0.1) is 34.6 Å². The van der Waals surface area contributed by atoms with Crippen molar-refractivity contribution in [2.45, 2.75) is 172 Å². The Morgan fingerprint density at radius 2 is 0.988 bits per heavy atom. The fraction of sp³-hybridized carbons (Fsp3) is 0.464. The van der Waals surface area contributed by atoms with E-state index in [1.807, 2.05) is 13.8 Å². The van der Waals surface area contributed by atoms with Gasteiger partial charge in [-0.3, -0.25) is 56.9 Å². The zero-order valence-corrected chi connectivity index (χ0v) is 48.6. The molecule has 1 saturated carbocycles. The highest BCUT2D eigenvalue weighted by molar-refractivity contribution is 9.10. The van der Waals surface area contributed by atoms with Gasteiger partial charge in [-0.2, -0.15) is 0 Å². The summed E-state index contributed by atoms with van der Waals surface area (Å²) in [6.07, 6.45) is 0.473. The van der Waals surface area contributed by atoms with E-state index in [0.29, 0.717) is 62.4 Å². The van der Waals surface area contributed by atoms with Crippen LogP contribution in [-0.4, -0.2) is 92.3 Å². The van der Waals surface area contributed by atoms with Gasteiger partial charge in [0.15, 0.2) is 5.78 Å². The number of aromatic nitrogens is 6. The fourth-order valence-corrected chi connectivity index (χ4v) is 9.44. The number of halogens is 1. The number of nitrogen functional groups attached to an aromatic ring is 3. The van der Waals surface area contributed by atoms with E-state index in [4.69, 9.17) is 48.2 Å². The number of nitrogens with two attached hydrogens (primary N) is 5. The van der Waals surface area contributed by atoms with Crippen LogP contribution in [0.5, 0.6) is 0 Å². The van der Waals surface area contributed by atoms with Crippen molar-refractivity contribution in [3.05, 3.63) is 101 Å². The van der Waals surface area contributed by atoms with E-state index in [1.54, 1.807) is 98.7 Å². The predicted octanol–water partition coefficient (Wildman–Crippen LogP) is 5.76. The van der Waals surface area contributed by atoms with E-state index in [-0.39, 0.29) is 86.2 Å². The minimum absolute atomic E-state index is 0. The zero-order valence-electron chi connectivity index (χ0n) is 47.1. The first kappa shape index (κ1) is 70.3. The van der Waals surface area contributed by atoms with Crippen molar-refractivity contribution in [3.8, 4) is 0 Å². The number of amides is 2. The lowest BCUT2D eigenvalue weighted by atomic mass is 9.92. The van der Waals surface area contributed by atoms with Gasteiger partial charge in [-0.05, 0) is 150 Å². The summed E-state index contributed by atoms with van der Waals surface area (Å²) < 4.78 is 15.0. The summed E-state index contributed by atoms with van der Waals surface area (Å²) in [6, 6.07) is 7.52. The molecule has 3 aromatic carbocycles. The number of hydrogen-bond donors (Lipinski definition) is 7. The van der Waals surface area contributed by atoms with Crippen LogP contribution in [0.3, 0.4) is 0 Å². The number of hydrogen-bond acceptors (Lipinski definition) is 19. The van der Waals surface area contributed by atoms with E-state index in [0.717, 1.165) is 11.1 Å². The molecular weight excluding hydrogens is 1130 g/mol. The van der Waals surface area contributed by atoms with Crippen molar-refractivity contribution in [1.29, 1.82) is 0 Å². The average molecular weight is 1210 g/mol. The van der Waals surface area contributed by atoms with Crippen LogP contribution in [0.1, 0.15) is 148 Å². The first-order chi connectivity index (χ1) is 36.9. The molecule has 446 valence electrons. The number of ketones is 2. The Kier molecular flexibility index (Phi) is 24.6. The molecule has 1 fully saturated rings. The molecule has 7 rings (SSSR count). The number of benzene rings is 3. The van der Waals surface area contributed by atoms with Crippen molar-refractivity contribution < 1.29 is 48.3 Å². The molecule has 0 spiro atoms. The second kappa shape index (κ2) is 28.7. The Hall–Kier alpha value is -7.84. The van der Waals surface area contributed by atoms with Gasteiger partial charge in [0.2, 0.25) is 11.8 Å². The lowest BCUT2D eigenvalue weighted by Crippen LogP contribution is -2.36. The summed E-state index contributed by atoms with van der Waals surface area (Å²) in [5, 5.41) is 16.0. The fourth-order valence-electron chi connectivity index (χ4n) is 8.98. The van der Waals surface area contributed by atoms with E-state index in [1.165, 1.54) is 20.5 Å². The maximum atomic E-state index is 13.0. The van der Waals surface area contributed by atoms with Gasteiger partial charge in [-0.25, -0.2) is 15.0 Å². The minimum Gasteiger partial charge on any atom is -0.460 e. The molecule has 0 radical (unpaired) electrons. The molecule has 1 aliphatic rings. The number of anilines is 3. The third-order valence-corrected chi connectivity index (χ3v) is 12.5. The summed E-state index contributed by atoms with van der Waals surface area (Å²) in [5.74, 6) is -1.61. The highest BCUT2D eigenvalue weighted by Gasteiger charge is 2.32. The Morgan fingerprint density at radius 3 is 1.35 bits per heavy atom. The van der Waals surface area contributed by atoms with Gasteiger partial charge < -0.3 is 48.2 Å². The number of primary amides is 2. The number of ether oxygens (including phenoxy) is 2. The zero-order chi connectivity index (χ0) is 60.6. The molecule has 24 nitrogen and oxygen atoms in total. The maximum Gasteiger partial charge on any atom is 0.448 e. The van der Waals surface area contributed by atoms with Crippen LogP contribution < -0.4 is 45.3 Å². The van der Waals surface area contributed by atoms with Gasteiger partial charge in [0.05, 0.1) is 45.2 Å². The molecule has 1 unspecified atom stereocenters. The molecular formula is C56H79BBrN11O13. The quantitative estimate of drug-likeness (QED) is 0.0351. The third-order valence-electron chi connectivity index (χ3n) is 12.0. The summed E-state index contributed by atoms with van der Waals surface area (Å²) >= 11 is 3.31. The normalized spacial score (nSPS) is 13.8. The largest absolute Gasteiger partial charge is 0.460 e. The van der Waals surface area contributed by atoms with Crippen molar-refractivity contribution in [2.24, 2.45) is 11.5 Å². The molecule has 0 bridgehead atoms. The molecule has 3 heterocycles. The Morgan fingerprint density at radius 1 is 0.634 bits per heavy atom. The molecule has 6 aromatic rings. The van der Waals surface area contributed by atoms with E-state index >= 15 is 0 Å². The van der Waals surface area contributed by atoms with Crippen LogP contribution in [0.2, 0.25) is 6.82 Å². The first-order valence-corrected chi connectivity index (χ1v) is 26.2. The molecule has 1 aliphatic carbocycles. The molecule has 3 atom stereocenters. The standard InChI is InChI=1S/C19H26N4O4.C18H23BrN4O4.C16H17N3O3.CH5BO2.2CH4/c1-10-8-12(20)16-13(9-10)22-11(2)23(18(16)26)14(17(21)25)6-7-15(24)27-19(3,4)5;1-9-22-12-8-10(19)7-11(20)15(12)17(26)23(9)13(16(21)25)5-6-14(24)27-18(2,3)4;1-8-5-11(17)15-12(6-8)18-9(2)19(16(15)22)13-4-3-10(20)7-14(13)21;1-2(3)4;;/h8-9,14H,6-7,20H2,1-5H3,(H2,21,25);7-8,13H,5-6,20H2,1-4H3,(H2,21,25);5-6,13H,3-4,7,17H2,1-2H3;3-4H,1H3;2*1H4/t14-;13-;;;;/m00..../s1. The summed E-state index contributed by atoms with van der Waals surface area (Å²) in [6.45, 7) is 20.4. The molecule has 0 saturated heterocycles. The maximum absolute atomic E-state index is 13.0. The topological polar surface area (TPSA) is 396 Å². The second-order valence-electron chi connectivity index (χ2n) is 21.3. The lowest BCUT2D eigenvalue weighted by molar-refractivity contribution is -0.156. The molecule has 2 amide bonds. The van der Waals surface area contributed by atoms with Crippen molar-refractivity contribution in [1.82, 2.24) is 28.7 Å². The first-order valence-electron chi connectivity index (χ1n) is 25.4. The van der Waals surface area contributed by atoms with Gasteiger partial charge >= 0.3 is 19.1 Å². The predicted molar refractivity (Wildman–Crippen MR) is 322 cm³/mol. The highest BCUT2D eigenvalue weighted by atomic mass is 79.9. The Balaban J connectivity index is 0.000000403. The summed E-state index contributed by atoms with van der Waals surface area (Å²) in [5.41, 5.74) is 30.5. The smallest absolute Gasteiger partial charge is 0.448 e. The van der Waals surface area contributed by atoms with Crippen LogP contribution >= 0.6 is 15.9 Å². The van der Waals surface area contributed by atoms with Crippen molar-refractivity contribution >= 4 is 108 Å². The van der Waals surface area contributed by atoms with Gasteiger partial charge in [0.25, 0.3) is 16.7 Å². The Bertz CT molecular complexity index is 3420. The van der Waals surface area contributed by atoms with Crippen LogP contribution in [0.4, 0.5) is 17.1 Å². The SMILES string of the molecule is C.C.CB(O)O.Cc1cc(N)c2c(=O)n(C3CCC(=O)CC3=O)c(C)nc2c1.Cc1cc(N)c2c(=O)n([C@@H](CCC(=O)OC(C)(C)C)C(N)=O)c(C)nc2c1.Cc1nc2cc(Br)cc(N)c2c(=O)n1[C@@H](CCC(=O)OC(C)(C)C)C(N)=O. The summed E-state index contributed by atoms with van der Waals surface area (Å²) in [4.78, 5) is 124. The molecule has 3 aromatic heterocycles. The number of carbonyl (C=O) groups excluding carboxylic acids is 6. The van der Waals surface area contributed by atoms with Gasteiger partial charge in [-0.1, -0.05) is 30.8 Å². The van der Waals surface area contributed by atoms with Crippen molar-refractivity contribution in [3.63, 3.8) is 0 Å². The molecule has 12 N–H and O–H groups in total. The van der Waals surface area contributed by atoms with Gasteiger partial charge in [-0.15, -0.1) is 0 Å². The van der Waals surface area contributed by atoms with Crippen molar-refractivity contribution in [2.75, 3.05) is 17.2 Å². The molecule has 26 heteroatoms. The lowest BCUT2D eigenvalue weighted by Gasteiger charge is -2.24. The van der Waals surface area contributed by atoms with Gasteiger partial charge in [0, 0.05) is 40.8 Å². The molecule has 82 heavy (non-hydrogen) atoms. The number of rotatable bonds is 11. The second-order valence-corrected chi connectivity index (χ2v) is 22.3. The van der Waals surface area contributed by atoms with E-state index in [2.05, 4.69) is 30.9 Å². The number of esters is 2. The molecule has 0 aliphatic heterocycles. The third kappa shape index (κ3) is 18.3. The van der Waals surface area contributed by atoms with Crippen LogP contribution in [-0.2, 0) is 38.2 Å². The van der Waals surface area contributed by atoms with E-state index in [9.17, 15) is 43.2 Å². The number of aryl methyl sites for hydroxylation is 5. The number of Topliss-reactive ketones (excluding diaryl/α,β-unsaturated/α-hetero) is 2. The number of fused-ring (bicyclic) bond motifs is 3. The highest BCUT2D eigenvalue weighted by Crippen LogP contribution is 2.28. The Labute approximate surface area is 484 Å². The monoisotopic (exact) mass is 1200 g/mol. The van der Waals surface area contributed by atoms with Gasteiger partial charge in [0.1, 0.15) is 46.5 Å². The number of carbonyl (C=O) groups is 6. The minimum atomic E-state index is -1.17. The van der Waals surface area contributed by atoms with Crippen LogP contribution in [0.15, 0.2) is 55.3 Å². The average Bonchev–Trinajstić information content (AvgIpc) is 3.48. The summed E-state index contributed by atoms with van der Waals surface area (Å²) in [7, 11) is -1.17.